The normalized spacial score (nSPS) is 14.9. The molecule has 1 aliphatic heterocycles. The zero-order valence-electron chi connectivity index (χ0n) is 21.4. The third-order valence-electron chi connectivity index (χ3n) is 6.72. The maximum absolute atomic E-state index is 13.8. The summed E-state index contributed by atoms with van der Waals surface area (Å²) >= 11 is 1.58. The molecule has 0 amide bonds. The van der Waals surface area contributed by atoms with E-state index in [1.165, 1.54) is 0 Å². The fraction of sp³-hybridized carbons (Fsp3) is 0.500. The molecule has 4 heterocycles. The van der Waals surface area contributed by atoms with Gasteiger partial charge in [0.1, 0.15) is 4.83 Å². The van der Waals surface area contributed by atoms with Gasteiger partial charge in [0, 0.05) is 38.3 Å². The largest absolute Gasteiger partial charge is 0.378 e. The Morgan fingerprint density at radius 2 is 1.89 bits per heavy atom. The quantitative estimate of drug-likeness (QED) is 0.271. The number of anilines is 1. The molecule has 0 unspecified atom stereocenters. The van der Waals surface area contributed by atoms with Gasteiger partial charge < -0.3 is 9.64 Å². The van der Waals surface area contributed by atoms with Gasteiger partial charge >= 0.3 is 0 Å². The van der Waals surface area contributed by atoms with Crippen LogP contribution < -0.4 is 15.8 Å². The average molecular weight is 511 g/mol. The van der Waals surface area contributed by atoms with Crippen molar-refractivity contribution in [3.05, 3.63) is 46.1 Å². The molecule has 0 aliphatic carbocycles. The van der Waals surface area contributed by atoms with Gasteiger partial charge in [-0.05, 0) is 45.9 Å². The van der Waals surface area contributed by atoms with Crippen LogP contribution in [0.3, 0.4) is 0 Å². The Kier molecular flexibility index (Phi) is 7.49. The van der Waals surface area contributed by atoms with Crippen LogP contribution in [0, 0.1) is 0 Å². The molecule has 0 atom stereocenters. The second-order valence-electron chi connectivity index (χ2n) is 9.67. The van der Waals surface area contributed by atoms with E-state index in [4.69, 9.17) is 9.57 Å². The van der Waals surface area contributed by atoms with Crippen LogP contribution in [0.4, 0.5) is 5.82 Å². The van der Waals surface area contributed by atoms with Crippen molar-refractivity contribution in [1.82, 2.24) is 25.0 Å². The van der Waals surface area contributed by atoms with Gasteiger partial charge in [-0.3, -0.25) is 18.9 Å². The number of thiazole rings is 1. The van der Waals surface area contributed by atoms with E-state index in [0.717, 1.165) is 34.7 Å². The van der Waals surface area contributed by atoms with Crippen LogP contribution in [0.2, 0.25) is 0 Å². The van der Waals surface area contributed by atoms with Crippen molar-refractivity contribution in [2.24, 2.45) is 0 Å². The molecule has 10 heteroatoms. The first-order valence-corrected chi connectivity index (χ1v) is 13.4. The van der Waals surface area contributed by atoms with Gasteiger partial charge in [0.05, 0.1) is 41.0 Å². The van der Waals surface area contributed by atoms with E-state index in [-0.39, 0.29) is 12.0 Å². The summed E-state index contributed by atoms with van der Waals surface area (Å²) in [4.78, 5) is 25.0. The van der Waals surface area contributed by atoms with Crippen LogP contribution in [0.25, 0.3) is 26.1 Å². The van der Waals surface area contributed by atoms with Crippen molar-refractivity contribution in [2.45, 2.75) is 46.4 Å². The van der Waals surface area contributed by atoms with Gasteiger partial charge in [-0.1, -0.05) is 12.1 Å². The van der Waals surface area contributed by atoms with Gasteiger partial charge in [-0.15, -0.1) is 21.5 Å². The van der Waals surface area contributed by atoms with Gasteiger partial charge in [0.25, 0.3) is 0 Å². The number of pyridine rings is 1. The van der Waals surface area contributed by atoms with Crippen molar-refractivity contribution >= 4 is 43.2 Å². The highest BCUT2D eigenvalue weighted by Gasteiger charge is 2.21. The summed E-state index contributed by atoms with van der Waals surface area (Å²) in [6.45, 7) is 13.2. The number of morpholine rings is 1. The lowest BCUT2D eigenvalue weighted by atomic mass is 10.2. The van der Waals surface area contributed by atoms with Crippen LogP contribution in [0.5, 0.6) is 0 Å². The van der Waals surface area contributed by atoms with Gasteiger partial charge in [0.2, 0.25) is 0 Å². The molecule has 3 aromatic heterocycles. The molecule has 9 nitrogen and oxygen atoms in total. The Morgan fingerprint density at radius 1 is 1.14 bits per heavy atom. The molecule has 1 fully saturated rings. The van der Waals surface area contributed by atoms with E-state index < -0.39 is 0 Å². The summed E-state index contributed by atoms with van der Waals surface area (Å²) in [5.41, 5.74) is 5.22. The average Bonchev–Trinajstić information content (AvgIpc) is 3.27. The zero-order valence-corrected chi connectivity index (χ0v) is 22.2. The highest BCUT2D eigenvalue weighted by molar-refractivity contribution is 7.24. The first-order valence-electron chi connectivity index (χ1n) is 12.6. The van der Waals surface area contributed by atoms with Gasteiger partial charge in [0.15, 0.2) is 16.9 Å². The molecule has 1 N–H and O–H groups in total. The summed E-state index contributed by atoms with van der Waals surface area (Å²) < 4.78 is 8.60. The number of nitrogens with zero attached hydrogens (tertiary/aromatic N) is 5. The second kappa shape index (κ2) is 10.8. The highest BCUT2D eigenvalue weighted by atomic mass is 32.1. The van der Waals surface area contributed by atoms with Crippen molar-refractivity contribution in [3.8, 4) is 0 Å². The minimum Gasteiger partial charge on any atom is -0.378 e. The lowest BCUT2D eigenvalue weighted by molar-refractivity contribution is 0.0189. The van der Waals surface area contributed by atoms with Crippen LogP contribution in [-0.2, 0) is 16.2 Å². The predicted molar refractivity (Wildman–Crippen MR) is 145 cm³/mol. The summed E-state index contributed by atoms with van der Waals surface area (Å²) in [6.07, 6.45) is 0. The number of ether oxygens (including phenoxy) is 1. The molecular formula is C26H34N6O3S. The highest BCUT2D eigenvalue weighted by Crippen LogP contribution is 2.31. The monoisotopic (exact) mass is 510 g/mol. The van der Waals surface area contributed by atoms with Crippen LogP contribution >= 0.6 is 11.3 Å². The predicted octanol–water partition coefficient (Wildman–Crippen LogP) is 3.43. The summed E-state index contributed by atoms with van der Waals surface area (Å²) in [5, 5.41) is 9.58. The number of rotatable bonds is 9. The first kappa shape index (κ1) is 25.0. The molecule has 0 radical (unpaired) electrons. The van der Waals surface area contributed by atoms with Crippen LogP contribution in [0.15, 0.2) is 35.1 Å². The maximum atomic E-state index is 13.8. The van der Waals surface area contributed by atoms with Gasteiger partial charge in [-0.2, -0.15) is 0 Å². The number of hydrogen-bond acceptors (Lipinski definition) is 9. The minimum absolute atomic E-state index is 0.0613. The molecule has 0 spiro atoms. The maximum Gasteiger partial charge on any atom is 0.198 e. The summed E-state index contributed by atoms with van der Waals surface area (Å²) in [6, 6.07) is 10.9. The smallest absolute Gasteiger partial charge is 0.198 e. The number of hydroxylamine groups is 1. The lowest BCUT2D eigenvalue weighted by Gasteiger charge is -2.30. The number of aromatic nitrogens is 3. The SMILES string of the molecule is CC(C)N(CCNOCc1c(=O)c2cc(N3CCOCC3)nnc2n2c1sc1ccccc12)C(C)C. The van der Waals surface area contributed by atoms with E-state index >= 15 is 0 Å². The van der Waals surface area contributed by atoms with Crippen molar-refractivity contribution in [1.29, 1.82) is 0 Å². The third kappa shape index (κ3) is 4.83. The molecule has 0 bridgehead atoms. The topological polar surface area (TPSA) is 84.2 Å². The van der Waals surface area contributed by atoms with Crippen LogP contribution in [0.1, 0.15) is 33.3 Å². The molecule has 192 valence electrons. The Hall–Kier alpha value is -2.63. The Morgan fingerprint density at radius 3 is 2.64 bits per heavy atom. The second-order valence-corrected chi connectivity index (χ2v) is 10.7. The Labute approximate surface area is 214 Å². The number of fused-ring (bicyclic) bond motifs is 5. The van der Waals surface area contributed by atoms with Crippen molar-refractivity contribution in [3.63, 3.8) is 0 Å². The third-order valence-corrected chi connectivity index (χ3v) is 7.91. The number of nitrogens with one attached hydrogen (secondary N) is 1. The van der Waals surface area contributed by atoms with E-state index in [0.29, 0.717) is 54.3 Å². The lowest BCUT2D eigenvalue weighted by Crippen LogP contribution is -2.41. The number of benzene rings is 1. The summed E-state index contributed by atoms with van der Waals surface area (Å²) in [7, 11) is 0. The molecule has 5 rings (SSSR count). The van der Waals surface area contributed by atoms with Gasteiger partial charge in [-0.25, -0.2) is 5.48 Å². The fourth-order valence-electron chi connectivity index (χ4n) is 4.92. The number of hydrogen-bond donors (Lipinski definition) is 1. The molecule has 1 aromatic carbocycles. The molecule has 36 heavy (non-hydrogen) atoms. The molecule has 1 aliphatic rings. The molecule has 4 aromatic rings. The standard InChI is InChI=1S/C26H34N6O3S/c1-17(2)31(18(3)4)10-9-27-35-16-20-24(33)19-15-23(30-11-13-34-14-12-30)28-29-25(19)32-21-7-5-6-8-22(21)36-26(20)32/h5-8,15,17-18,27H,9-14,16H2,1-4H3. The molecule has 0 saturated carbocycles. The summed E-state index contributed by atoms with van der Waals surface area (Å²) in [5.74, 6) is 0.704. The molecule has 1 saturated heterocycles. The van der Waals surface area contributed by atoms with E-state index in [2.05, 4.69) is 65.3 Å². The van der Waals surface area contributed by atoms with E-state index in [9.17, 15) is 4.79 Å². The van der Waals surface area contributed by atoms with Crippen LogP contribution in [-0.4, -0.2) is 71.0 Å². The number of para-hydroxylation sites is 1. The minimum atomic E-state index is -0.0613. The molecular weight excluding hydrogens is 476 g/mol. The Bertz CT molecular complexity index is 1400. The Balaban J connectivity index is 1.49. The fourth-order valence-corrected chi connectivity index (χ4v) is 6.09. The van der Waals surface area contributed by atoms with Crippen molar-refractivity contribution < 1.29 is 9.57 Å². The first-order chi connectivity index (χ1) is 17.5. The van der Waals surface area contributed by atoms with E-state index in [1.807, 2.05) is 22.6 Å². The van der Waals surface area contributed by atoms with E-state index in [1.54, 1.807) is 11.3 Å². The van der Waals surface area contributed by atoms with Crippen molar-refractivity contribution in [2.75, 3.05) is 44.3 Å². The zero-order chi connectivity index (χ0) is 25.2.